The molecule has 0 amide bonds. The first-order valence-corrected chi connectivity index (χ1v) is 5.94. The van der Waals surface area contributed by atoms with E-state index in [2.05, 4.69) is 0 Å². The summed E-state index contributed by atoms with van der Waals surface area (Å²) in [7, 11) is 0. The van der Waals surface area contributed by atoms with Crippen molar-refractivity contribution in [2.24, 2.45) is 0 Å². The highest BCUT2D eigenvalue weighted by molar-refractivity contribution is 5.34. The van der Waals surface area contributed by atoms with Crippen molar-refractivity contribution in [2.45, 2.75) is 33.1 Å². The summed E-state index contributed by atoms with van der Waals surface area (Å²) < 4.78 is 37.3. The monoisotopic (exact) mass is 244 g/mol. The number of hydrogen-bond acceptors (Lipinski definition) is 2. The average Bonchev–Trinajstić information content (AvgIpc) is 2.34. The summed E-state index contributed by atoms with van der Waals surface area (Å²) in [4.78, 5) is 0. The molecule has 0 heterocycles. The van der Waals surface area contributed by atoms with E-state index in [0.717, 1.165) is 19.3 Å². The minimum atomic E-state index is -0.979. The molecule has 0 aliphatic rings. The summed E-state index contributed by atoms with van der Waals surface area (Å²) >= 11 is 0. The first-order chi connectivity index (χ1) is 8.20. The van der Waals surface area contributed by atoms with Crippen LogP contribution in [0.4, 0.5) is 8.78 Å². The predicted molar refractivity (Wildman–Crippen MR) is 62.5 cm³/mol. The molecule has 1 aromatic carbocycles. The molecule has 0 fully saturated rings. The van der Waals surface area contributed by atoms with Gasteiger partial charge in [-0.2, -0.15) is 8.78 Å². The topological polar surface area (TPSA) is 18.5 Å². The molecule has 17 heavy (non-hydrogen) atoms. The van der Waals surface area contributed by atoms with Gasteiger partial charge in [0.25, 0.3) is 0 Å². The van der Waals surface area contributed by atoms with Gasteiger partial charge in [-0.15, -0.1) is 0 Å². The molecule has 0 saturated carbocycles. The van der Waals surface area contributed by atoms with Crippen LogP contribution in [0.2, 0.25) is 0 Å². The minimum Gasteiger partial charge on any atom is -0.490 e. The van der Waals surface area contributed by atoms with E-state index in [4.69, 9.17) is 9.47 Å². The highest BCUT2D eigenvalue weighted by Gasteiger charge is 2.15. The Morgan fingerprint density at radius 1 is 0.882 bits per heavy atom. The van der Waals surface area contributed by atoms with Crippen LogP contribution in [0, 0.1) is 11.6 Å². The van der Waals surface area contributed by atoms with Gasteiger partial charge in [0.1, 0.15) is 0 Å². The predicted octanol–water partition coefficient (Wildman–Crippen LogP) is 3.93. The fourth-order valence-electron chi connectivity index (χ4n) is 1.28. The fraction of sp³-hybridized carbons (Fsp3) is 0.538. The van der Waals surface area contributed by atoms with Crippen molar-refractivity contribution in [3.8, 4) is 11.5 Å². The van der Waals surface area contributed by atoms with Gasteiger partial charge in [0.2, 0.25) is 11.6 Å². The molecular weight excluding hydrogens is 226 g/mol. The van der Waals surface area contributed by atoms with E-state index in [1.807, 2.05) is 13.8 Å². The van der Waals surface area contributed by atoms with Crippen LogP contribution in [0.25, 0.3) is 0 Å². The van der Waals surface area contributed by atoms with Crippen LogP contribution in [0.3, 0.4) is 0 Å². The summed E-state index contributed by atoms with van der Waals surface area (Å²) in [5, 5.41) is 0. The Hall–Kier alpha value is -1.32. The Morgan fingerprint density at radius 2 is 1.41 bits per heavy atom. The van der Waals surface area contributed by atoms with Crippen molar-refractivity contribution in [1.29, 1.82) is 0 Å². The summed E-state index contributed by atoms with van der Waals surface area (Å²) in [6.07, 6.45) is 2.51. The van der Waals surface area contributed by atoms with Crippen LogP contribution in [0.15, 0.2) is 12.1 Å². The van der Waals surface area contributed by atoms with E-state index in [1.165, 1.54) is 12.1 Å². The van der Waals surface area contributed by atoms with Gasteiger partial charge in [-0.1, -0.05) is 20.3 Å². The number of rotatable bonds is 7. The quantitative estimate of drug-likeness (QED) is 0.676. The van der Waals surface area contributed by atoms with E-state index in [0.29, 0.717) is 13.2 Å². The minimum absolute atomic E-state index is 0.0557. The normalized spacial score (nSPS) is 10.4. The largest absolute Gasteiger partial charge is 0.490 e. The van der Waals surface area contributed by atoms with E-state index >= 15 is 0 Å². The molecule has 0 aromatic heterocycles. The Kier molecular flexibility index (Phi) is 5.73. The molecule has 2 nitrogen and oxygen atoms in total. The first kappa shape index (κ1) is 13.7. The summed E-state index contributed by atoms with van der Waals surface area (Å²) in [5.41, 5.74) is 0. The van der Waals surface area contributed by atoms with Crippen molar-refractivity contribution in [3.63, 3.8) is 0 Å². The highest BCUT2D eigenvalue weighted by atomic mass is 19.2. The molecule has 1 aromatic rings. The lowest BCUT2D eigenvalue weighted by molar-refractivity contribution is 0.272. The van der Waals surface area contributed by atoms with Crippen LogP contribution < -0.4 is 9.47 Å². The molecule has 0 N–H and O–H groups in total. The SMILES string of the molecule is CCCCOc1ccc(OCCC)c(F)c1F. The van der Waals surface area contributed by atoms with E-state index in [9.17, 15) is 8.78 Å². The van der Waals surface area contributed by atoms with E-state index < -0.39 is 11.6 Å². The zero-order valence-corrected chi connectivity index (χ0v) is 10.3. The zero-order valence-electron chi connectivity index (χ0n) is 10.3. The molecule has 96 valence electrons. The second-order valence-electron chi connectivity index (χ2n) is 3.74. The lowest BCUT2D eigenvalue weighted by Gasteiger charge is -2.10. The molecule has 0 atom stereocenters. The van der Waals surface area contributed by atoms with Crippen molar-refractivity contribution in [2.75, 3.05) is 13.2 Å². The van der Waals surface area contributed by atoms with Gasteiger partial charge in [0.15, 0.2) is 11.5 Å². The van der Waals surface area contributed by atoms with Gasteiger partial charge in [0, 0.05) is 0 Å². The summed E-state index contributed by atoms with van der Waals surface area (Å²) in [6, 6.07) is 2.80. The Morgan fingerprint density at radius 3 is 1.88 bits per heavy atom. The van der Waals surface area contributed by atoms with Crippen LogP contribution in [-0.4, -0.2) is 13.2 Å². The van der Waals surface area contributed by atoms with Gasteiger partial charge < -0.3 is 9.47 Å². The highest BCUT2D eigenvalue weighted by Crippen LogP contribution is 2.27. The third-order valence-electron chi connectivity index (χ3n) is 2.23. The van der Waals surface area contributed by atoms with Crippen molar-refractivity contribution < 1.29 is 18.3 Å². The van der Waals surface area contributed by atoms with Crippen molar-refractivity contribution in [1.82, 2.24) is 0 Å². The summed E-state index contributed by atoms with van der Waals surface area (Å²) in [5.74, 6) is -2.07. The average molecular weight is 244 g/mol. The molecule has 0 saturated heterocycles. The lowest BCUT2D eigenvalue weighted by Crippen LogP contribution is -2.03. The van der Waals surface area contributed by atoms with Gasteiger partial charge in [0.05, 0.1) is 13.2 Å². The maximum atomic E-state index is 13.5. The van der Waals surface area contributed by atoms with Crippen molar-refractivity contribution in [3.05, 3.63) is 23.8 Å². The third-order valence-corrected chi connectivity index (χ3v) is 2.23. The lowest BCUT2D eigenvalue weighted by atomic mass is 10.3. The van der Waals surface area contributed by atoms with E-state index in [1.54, 1.807) is 0 Å². The van der Waals surface area contributed by atoms with Gasteiger partial charge in [-0.25, -0.2) is 0 Å². The number of hydrogen-bond donors (Lipinski definition) is 0. The van der Waals surface area contributed by atoms with Crippen LogP contribution in [0.1, 0.15) is 33.1 Å². The van der Waals surface area contributed by atoms with Gasteiger partial charge >= 0.3 is 0 Å². The molecule has 0 unspecified atom stereocenters. The third kappa shape index (κ3) is 3.88. The fourth-order valence-corrected chi connectivity index (χ4v) is 1.28. The molecule has 1 rings (SSSR count). The Labute approximate surface area is 101 Å². The molecule has 0 aliphatic carbocycles. The van der Waals surface area contributed by atoms with E-state index in [-0.39, 0.29) is 11.5 Å². The molecule has 0 spiro atoms. The van der Waals surface area contributed by atoms with Gasteiger partial charge in [-0.3, -0.25) is 0 Å². The number of halogens is 2. The number of ether oxygens (including phenoxy) is 2. The van der Waals surface area contributed by atoms with Crippen LogP contribution >= 0.6 is 0 Å². The molecular formula is C13H18F2O2. The van der Waals surface area contributed by atoms with Crippen molar-refractivity contribution >= 4 is 0 Å². The maximum Gasteiger partial charge on any atom is 0.204 e. The summed E-state index contributed by atoms with van der Waals surface area (Å²) in [6.45, 7) is 4.66. The standard InChI is InChI=1S/C13H18F2O2/c1-3-5-9-17-11-7-6-10(16-8-4-2)12(14)13(11)15/h6-7H,3-5,8-9H2,1-2H3. The molecule has 4 heteroatoms. The van der Waals surface area contributed by atoms with Gasteiger partial charge in [-0.05, 0) is 25.0 Å². The molecule has 0 bridgehead atoms. The number of benzene rings is 1. The Bertz CT molecular complexity index is 354. The van der Waals surface area contributed by atoms with Crippen LogP contribution in [-0.2, 0) is 0 Å². The zero-order chi connectivity index (χ0) is 12.7. The first-order valence-electron chi connectivity index (χ1n) is 5.94. The molecule has 0 aliphatic heterocycles. The second-order valence-corrected chi connectivity index (χ2v) is 3.74. The smallest absolute Gasteiger partial charge is 0.204 e. The van der Waals surface area contributed by atoms with Crippen LogP contribution in [0.5, 0.6) is 11.5 Å². The number of unbranched alkanes of at least 4 members (excludes halogenated alkanes) is 1. The second kappa shape index (κ2) is 7.09. The Balaban J connectivity index is 2.72. The molecule has 0 radical (unpaired) electrons. The maximum absolute atomic E-state index is 13.5.